The molecule has 1 aromatic carbocycles. The SMILES string of the molecule is CN[C@@]12CC=CC[C@@H]1CCc1ccc(OC)cc12. The van der Waals surface area contributed by atoms with Crippen molar-refractivity contribution in [2.24, 2.45) is 5.92 Å². The third-order valence-corrected chi connectivity index (χ3v) is 4.73. The first-order valence-corrected chi connectivity index (χ1v) is 6.81. The van der Waals surface area contributed by atoms with Gasteiger partial charge in [0, 0.05) is 0 Å². The summed E-state index contributed by atoms with van der Waals surface area (Å²) in [5.74, 6) is 1.69. The molecule has 2 aliphatic rings. The Hall–Kier alpha value is -1.28. The fourth-order valence-electron chi connectivity index (χ4n) is 3.68. The number of benzene rings is 1. The topological polar surface area (TPSA) is 21.3 Å². The minimum absolute atomic E-state index is 0.122. The molecule has 0 aliphatic heterocycles. The molecule has 2 atom stereocenters. The Kier molecular flexibility index (Phi) is 2.90. The van der Waals surface area contributed by atoms with Gasteiger partial charge in [0.2, 0.25) is 0 Å². The molecule has 0 heterocycles. The number of hydrogen-bond donors (Lipinski definition) is 1. The summed E-state index contributed by atoms with van der Waals surface area (Å²) >= 11 is 0. The highest BCUT2D eigenvalue weighted by atomic mass is 16.5. The van der Waals surface area contributed by atoms with Crippen LogP contribution in [-0.4, -0.2) is 14.2 Å². The number of hydrogen-bond acceptors (Lipinski definition) is 2. The molecule has 0 saturated carbocycles. The molecule has 0 saturated heterocycles. The van der Waals surface area contributed by atoms with Crippen LogP contribution in [-0.2, 0) is 12.0 Å². The molecular weight excluding hydrogens is 222 g/mol. The van der Waals surface area contributed by atoms with Crippen LogP contribution in [0, 0.1) is 5.92 Å². The van der Waals surface area contributed by atoms with E-state index in [-0.39, 0.29) is 5.54 Å². The molecule has 2 aliphatic carbocycles. The standard InChI is InChI=1S/C16H21NO/c1-17-16-10-4-3-5-13(16)8-6-12-7-9-14(18-2)11-15(12)16/h3-4,7,9,11,13,17H,5-6,8,10H2,1-2H3/t13-,16+/m1/s1. The smallest absolute Gasteiger partial charge is 0.119 e. The Morgan fingerprint density at radius 1 is 1.33 bits per heavy atom. The van der Waals surface area contributed by atoms with Crippen LogP contribution in [0.4, 0.5) is 0 Å². The van der Waals surface area contributed by atoms with Crippen LogP contribution in [0.5, 0.6) is 5.75 Å². The first kappa shape index (κ1) is 11.8. The predicted octanol–water partition coefficient (Wildman–Crippen LogP) is 3.02. The lowest BCUT2D eigenvalue weighted by Crippen LogP contribution is -2.50. The minimum Gasteiger partial charge on any atom is -0.497 e. The Labute approximate surface area is 109 Å². The van der Waals surface area contributed by atoms with Crippen LogP contribution in [0.15, 0.2) is 30.4 Å². The molecule has 1 N–H and O–H groups in total. The first-order chi connectivity index (χ1) is 8.80. The fraction of sp³-hybridized carbons (Fsp3) is 0.500. The van der Waals surface area contributed by atoms with Crippen molar-refractivity contribution in [2.45, 2.75) is 31.2 Å². The molecule has 0 fully saturated rings. The average Bonchev–Trinajstić information content (AvgIpc) is 2.46. The van der Waals surface area contributed by atoms with Crippen molar-refractivity contribution in [1.29, 1.82) is 0 Å². The lowest BCUT2D eigenvalue weighted by Gasteiger charge is -2.47. The van der Waals surface area contributed by atoms with E-state index in [0.29, 0.717) is 5.92 Å². The monoisotopic (exact) mass is 243 g/mol. The summed E-state index contributed by atoms with van der Waals surface area (Å²) in [4.78, 5) is 0. The molecule has 2 nitrogen and oxygen atoms in total. The normalized spacial score (nSPS) is 29.6. The Balaban J connectivity index is 2.14. The molecule has 0 unspecified atom stereocenters. The van der Waals surface area contributed by atoms with Crippen molar-refractivity contribution in [2.75, 3.05) is 14.2 Å². The van der Waals surface area contributed by atoms with Crippen LogP contribution in [0.25, 0.3) is 0 Å². The maximum atomic E-state index is 5.40. The molecule has 3 rings (SSSR count). The van der Waals surface area contributed by atoms with E-state index in [1.807, 2.05) is 0 Å². The van der Waals surface area contributed by atoms with E-state index in [1.165, 1.54) is 30.4 Å². The summed E-state index contributed by atoms with van der Waals surface area (Å²) in [6, 6.07) is 6.56. The van der Waals surface area contributed by atoms with E-state index in [0.717, 1.165) is 12.2 Å². The van der Waals surface area contributed by atoms with Crippen molar-refractivity contribution < 1.29 is 4.74 Å². The largest absolute Gasteiger partial charge is 0.497 e. The second kappa shape index (κ2) is 4.43. The number of fused-ring (bicyclic) bond motifs is 3. The highest BCUT2D eigenvalue weighted by Gasteiger charge is 2.43. The van der Waals surface area contributed by atoms with Crippen molar-refractivity contribution in [3.05, 3.63) is 41.5 Å². The maximum Gasteiger partial charge on any atom is 0.119 e. The van der Waals surface area contributed by atoms with Gasteiger partial charge in [0.05, 0.1) is 12.6 Å². The molecule has 96 valence electrons. The first-order valence-electron chi connectivity index (χ1n) is 6.81. The van der Waals surface area contributed by atoms with Crippen molar-refractivity contribution in [1.82, 2.24) is 5.32 Å². The number of rotatable bonds is 2. The highest BCUT2D eigenvalue weighted by Crippen LogP contribution is 2.46. The van der Waals surface area contributed by atoms with Gasteiger partial charge in [-0.3, -0.25) is 0 Å². The van der Waals surface area contributed by atoms with Crippen molar-refractivity contribution in [3.63, 3.8) is 0 Å². The summed E-state index contributed by atoms with van der Waals surface area (Å²) in [6.45, 7) is 0. The van der Waals surface area contributed by atoms with E-state index in [2.05, 4.69) is 42.7 Å². The summed E-state index contributed by atoms with van der Waals surface area (Å²) in [7, 11) is 3.84. The molecule has 0 spiro atoms. The lowest BCUT2D eigenvalue weighted by atomic mass is 9.64. The summed E-state index contributed by atoms with van der Waals surface area (Å²) < 4.78 is 5.40. The van der Waals surface area contributed by atoms with Crippen LogP contribution in [0.2, 0.25) is 0 Å². The average molecular weight is 243 g/mol. The molecule has 0 radical (unpaired) electrons. The van der Waals surface area contributed by atoms with Crippen LogP contribution < -0.4 is 10.1 Å². The van der Waals surface area contributed by atoms with Gasteiger partial charge in [0.15, 0.2) is 0 Å². The molecule has 2 heteroatoms. The molecule has 0 aromatic heterocycles. The Morgan fingerprint density at radius 2 is 2.22 bits per heavy atom. The highest BCUT2D eigenvalue weighted by molar-refractivity contribution is 5.44. The number of allylic oxidation sites excluding steroid dienone is 1. The summed E-state index contributed by atoms with van der Waals surface area (Å²) in [5.41, 5.74) is 3.05. The number of nitrogens with one attached hydrogen (secondary N) is 1. The second-order valence-corrected chi connectivity index (χ2v) is 5.39. The quantitative estimate of drug-likeness (QED) is 0.806. The van der Waals surface area contributed by atoms with Crippen molar-refractivity contribution >= 4 is 0 Å². The van der Waals surface area contributed by atoms with Gasteiger partial charge in [0.25, 0.3) is 0 Å². The van der Waals surface area contributed by atoms with Gasteiger partial charge in [-0.1, -0.05) is 18.2 Å². The van der Waals surface area contributed by atoms with Gasteiger partial charge in [-0.25, -0.2) is 0 Å². The van der Waals surface area contributed by atoms with Gasteiger partial charge in [0.1, 0.15) is 5.75 Å². The van der Waals surface area contributed by atoms with Crippen LogP contribution >= 0.6 is 0 Å². The zero-order chi connectivity index (χ0) is 12.6. The summed E-state index contributed by atoms with van der Waals surface area (Å²) in [5, 5.41) is 3.62. The predicted molar refractivity (Wildman–Crippen MR) is 73.9 cm³/mol. The van der Waals surface area contributed by atoms with E-state index in [1.54, 1.807) is 7.11 Å². The lowest BCUT2D eigenvalue weighted by molar-refractivity contribution is 0.187. The zero-order valence-electron chi connectivity index (χ0n) is 11.2. The van der Waals surface area contributed by atoms with Gasteiger partial charge >= 0.3 is 0 Å². The number of ether oxygens (including phenoxy) is 1. The zero-order valence-corrected chi connectivity index (χ0v) is 11.2. The molecule has 1 aromatic rings. The van der Waals surface area contributed by atoms with Crippen molar-refractivity contribution in [3.8, 4) is 5.75 Å². The molecule has 0 bridgehead atoms. The minimum atomic E-state index is 0.122. The third kappa shape index (κ3) is 1.59. The molecule has 0 amide bonds. The third-order valence-electron chi connectivity index (χ3n) is 4.73. The number of aryl methyl sites for hydroxylation is 1. The molecular formula is C16H21NO. The van der Waals surface area contributed by atoms with Crippen LogP contribution in [0.1, 0.15) is 30.4 Å². The fourth-order valence-corrected chi connectivity index (χ4v) is 3.68. The van der Waals surface area contributed by atoms with E-state index in [4.69, 9.17) is 4.74 Å². The summed E-state index contributed by atoms with van der Waals surface area (Å²) in [6.07, 6.45) is 9.42. The number of methoxy groups -OCH3 is 1. The van der Waals surface area contributed by atoms with Gasteiger partial charge in [-0.15, -0.1) is 0 Å². The second-order valence-electron chi connectivity index (χ2n) is 5.39. The van der Waals surface area contributed by atoms with Gasteiger partial charge in [-0.05, 0) is 61.9 Å². The van der Waals surface area contributed by atoms with E-state index >= 15 is 0 Å². The maximum absolute atomic E-state index is 5.40. The van der Waals surface area contributed by atoms with E-state index < -0.39 is 0 Å². The van der Waals surface area contributed by atoms with E-state index in [9.17, 15) is 0 Å². The van der Waals surface area contributed by atoms with Gasteiger partial charge in [-0.2, -0.15) is 0 Å². The molecule has 18 heavy (non-hydrogen) atoms. The van der Waals surface area contributed by atoms with Gasteiger partial charge < -0.3 is 10.1 Å². The Morgan fingerprint density at radius 3 is 3.00 bits per heavy atom. The van der Waals surface area contributed by atoms with Crippen LogP contribution in [0.3, 0.4) is 0 Å². The Bertz CT molecular complexity index is 480.